The molecule has 2 rings (SSSR count). The van der Waals surface area contributed by atoms with Crippen molar-refractivity contribution in [1.82, 2.24) is 0 Å². The van der Waals surface area contributed by atoms with Crippen LogP contribution in [0.3, 0.4) is 0 Å². The molecule has 1 heterocycles. The third-order valence-corrected chi connectivity index (χ3v) is 2.59. The molecule has 2 heteroatoms. The molecule has 1 aliphatic heterocycles. The second-order valence-electron chi connectivity index (χ2n) is 3.38. The molecule has 0 N–H and O–H groups in total. The van der Waals surface area contributed by atoms with Crippen molar-refractivity contribution in [2.24, 2.45) is 0 Å². The maximum Gasteiger partial charge on any atom is 0.123 e. The summed E-state index contributed by atoms with van der Waals surface area (Å²) < 4.78 is 10.7. The second kappa shape index (κ2) is 3.74. The van der Waals surface area contributed by atoms with E-state index in [9.17, 15) is 0 Å². The van der Waals surface area contributed by atoms with E-state index in [0.29, 0.717) is 5.92 Å². The van der Waals surface area contributed by atoms with Gasteiger partial charge in [-0.2, -0.15) is 0 Å². The standard InChI is InChI=1S/C12H14O2/c1-3-9-6-7-14-12-5-4-10(13-2)8-11(9)12/h3-5,8-9H,1,6-7H2,2H3. The fraction of sp³-hybridized carbons (Fsp3) is 0.333. The zero-order chi connectivity index (χ0) is 9.97. The summed E-state index contributed by atoms with van der Waals surface area (Å²) in [4.78, 5) is 0. The van der Waals surface area contributed by atoms with E-state index in [1.54, 1.807) is 7.11 Å². The van der Waals surface area contributed by atoms with Crippen molar-refractivity contribution in [3.63, 3.8) is 0 Å². The number of methoxy groups -OCH3 is 1. The lowest BCUT2D eigenvalue weighted by Gasteiger charge is -2.23. The van der Waals surface area contributed by atoms with Gasteiger partial charge in [-0.05, 0) is 24.6 Å². The van der Waals surface area contributed by atoms with Gasteiger partial charge in [-0.3, -0.25) is 0 Å². The van der Waals surface area contributed by atoms with Crippen LogP contribution in [0, 0.1) is 0 Å². The molecular formula is C12H14O2. The van der Waals surface area contributed by atoms with Gasteiger partial charge in [0, 0.05) is 11.5 Å². The molecule has 1 unspecified atom stereocenters. The molecule has 0 bridgehead atoms. The number of rotatable bonds is 2. The van der Waals surface area contributed by atoms with E-state index in [1.165, 1.54) is 5.56 Å². The maximum absolute atomic E-state index is 5.55. The highest BCUT2D eigenvalue weighted by molar-refractivity contribution is 5.44. The Morgan fingerprint density at radius 2 is 2.43 bits per heavy atom. The van der Waals surface area contributed by atoms with Crippen molar-refractivity contribution >= 4 is 0 Å². The average Bonchev–Trinajstić information content (AvgIpc) is 2.27. The SMILES string of the molecule is C=CC1CCOc2ccc(OC)cc21. The molecule has 0 aromatic heterocycles. The van der Waals surface area contributed by atoms with Crippen LogP contribution in [0.4, 0.5) is 0 Å². The quantitative estimate of drug-likeness (QED) is 0.667. The van der Waals surface area contributed by atoms with E-state index in [4.69, 9.17) is 9.47 Å². The predicted molar refractivity (Wildman–Crippen MR) is 56.0 cm³/mol. The molecule has 0 radical (unpaired) electrons. The van der Waals surface area contributed by atoms with Crippen molar-refractivity contribution < 1.29 is 9.47 Å². The molecule has 1 aromatic rings. The number of hydrogen-bond acceptors (Lipinski definition) is 2. The molecule has 1 atom stereocenters. The van der Waals surface area contributed by atoms with Crippen LogP contribution in [0.15, 0.2) is 30.9 Å². The first-order valence-corrected chi connectivity index (χ1v) is 4.78. The number of benzene rings is 1. The smallest absolute Gasteiger partial charge is 0.123 e. The van der Waals surface area contributed by atoms with E-state index in [0.717, 1.165) is 24.5 Å². The van der Waals surface area contributed by atoms with E-state index in [1.807, 2.05) is 24.3 Å². The Morgan fingerprint density at radius 1 is 1.57 bits per heavy atom. The Bertz CT molecular complexity index is 344. The van der Waals surface area contributed by atoms with Gasteiger partial charge in [-0.25, -0.2) is 0 Å². The minimum Gasteiger partial charge on any atom is -0.497 e. The molecule has 0 aliphatic carbocycles. The summed E-state index contributed by atoms with van der Waals surface area (Å²) in [6.07, 6.45) is 2.98. The Morgan fingerprint density at radius 3 is 3.14 bits per heavy atom. The number of fused-ring (bicyclic) bond motifs is 1. The lowest BCUT2D eigenvalue weighted by atomic mass is 9.93. The Kier molecular flexibility index (Phi) is 2.44. The van der Waals surface area contributed by atoms with Gasteiger partial charge in [0.2, 0.25) is 0 Å². The van der Waals surface area contributed by atoms with E-state index in [-0.39, 0.29) is 0 Å². The van der Waals surface area contributed by atoms with E-state index >= 15 is 0 Å². The summed E-state index contributed by atoms with van der Waals surface area (Å²) in [5.74, 6) is 2.23. The zero-order valence-corrected chi connectivity index (χ0v) is 8.32. The van der Waals surface area contributed by atoms with Gasteiger partial charge in [-0.15, -0.1) is 6.58 Å². The molecule has 1 aromatic carbocycles. The summed E-state index contributed by atoms with van der Waals surface area (Å²) in [5.41, 5.74) is 1.19. The molecule has 0 fully saturated rings. The Hall–Kier alpha value is -1.44. The van der Waals surface area contributed by atoms with Gasteiger partial charge in [0.15, 0.2) is 0 Å². The van der Waals surface area contributed by atoms with E-state index in [2.05, 4.69) is 6.58 Å². The molecule has 14 heavy (non-hydrogen) atoms. The van der Waals surface area contributed by atoms with Gasteiger partial charge < -0.3 is 9.47 Å². The van der Waals surface area contributed by atoms with Crippen molar-refractivity contribution in [2.45, 2.75) is 12.3 Å². The van der Waals surface area contributed by atoms with Crippen LogP contribution < -0.4 is 9.47 Å². The van der Waals surface area contributed by atoms with Crippen LogP contribution in [0.5, 0.6) is 11.5 Å². The first-order chi connectivity index (χ1) is 6.85. The molecule has 0 saturated heterocycles. The highest BCUT2D eigenvalue weighted by Crippen LogP contribution is 2.36. The summed E-state index contributed by atoms with van der Waals surface area (Å²) in [6, 6.07) is 5.91. The normalized spacial score (nSPS) is 19.4. The molecule has 2 nitrogen and oxygen atoms in total. The first kappa shape index (κ1) is 9.13. The lowest BCUT2D eigenvalue weighted by Crippen LogP contribution is -2.12. The summed E-state index contributed by atoms with van der Waals surface area (Å²) in [6.45, 7) is 4.62. The summed E-state index contributed by atoms with van der Waals surface area (Å²) in [5, 5.41) is 0. The molecular weight excluding hydrogens is 176 g/mol. The molecule has 0 saturated carbocycles. The highest BCUT2D eigenvalue weighted by Gasteiger charge is 2.19. The van der Waals surface area contributed by atoms with Crippen LogP contribution in [-0.2, 0) is 0 Å². The molecule has 1 aliphatic rings. The second-order valence-corrected chi connectivity index (χ2v) is 3.38. The minimum absolute atomic E-state index is 0.397. The fourth-order valence-electron chi connectivity index (χ4n) is 1.77. The average molecular weight is 190 g/mol. The number of ether oxygens (including phenoxy) is 2. The van der Waals surface area contributed by atoms with Gasteiger partial charge in [0.1, 0.15) is 11.5 Å². The van der Waals surface area contributed by atoms with E-state index < -0.39 is 0 Å². The Balaban J connectivity index is 2.43. The third kappa shape index (κ3) is 1.48. The predicted octanol–water partition coefficient (Wildman–Crippen LogP) is 2.75. The zero-order valence-electron chi connectivity index (χ0n) is 8.32. The van der Waals surface area contributed by atoms with Crippen LogP contribution in [0.1, 0.15) is 17.9 Å². The van der Waals surface area contributed by atoms with Gasteiger partial charge >= 0.3 is 0 Å². The summed E-state index contributed by atoms with van der Waals surface area (Å²) in [7, 11) is 1.67. The van der Waals surface area contributed by atoms with Crippen molar-refractivity contribution in [3.8, 4) is 11.5 Å². The molecule has 0 amide bonds. The van der Waals surface area contributed by atoms with Crippen molar-refractivity contribution in [2.75, 3.05) is 13.7 Å². The fourth-order valence-corrected chi connectivity index (χ4v) is 1.77. The van der Waals surface area contributed by atoms with Gasteiger partial charge in [0.25, 0.3) is 0 Å². The highest BCUT2D eigenvalue weighted by atomic mass is 16.5. The molecule has 0 spiro atoms. The minimum atomic E-state index is 0.397. The van der Waals surface area contributed by atoms with Crippen LogP contribution >= 0.6 is 0 Å². The monoisotopic (exact) mass is 190 g/mol. The van der Waals surface area contributed by atoms with Gasteiger partial charge in [-0.1, -0.05) is 6.08 Å². The van der Waals surface area contributed by atoms with Crippen molar-refractivity contribution in [1.29, 1.82) is 0 Å². The summed E-state index contributed by atoms with van der Waals surface area (Å²) >= 11 is 0. The topological polar surface area (TPSA) is 18.5 Å². The maximum atomic E-state index is 5.55. The number of allylic oxidation sites excluding steroid dienone is 1. The third-order valence-electron chi connectivity index (χ3n) is 2.59. The number of hydrogen-bond donors (Lipinski definition) is 0. The van der Waals surface area contributed by atoms with Crippen LogP contribution in [0.25, 0.3) is 0 Å². The Labute approximate surface area is 84.2 Å². The largest absolute Gasteiger partial charge is 0.497 e. The van der Waals surface area contributed by atoms with Crippen molar-refractivity contribution in [3.05, 3.63) is 36.4 Å². The van der Waals surface area contributed by atoms with Crippen LogP contribution in [-0.4, -0.2) is 13.7 Å². The first-order valence-electron chi connectivity index (χ1n) is 4.78. The molecule has 74 valence electrons. The van der Waals surface area contributed by atoms with Gasteiger partial charge in [0.05, 0.1) is 13.7 Å². The lowest BCUT2D eigenvalue weighted by molar-refractivity contribution is 0.277. The van der Waals surface area contributed by atoms with Crippen LogP contribution in [0.2, 0.25) is 0 Å².